The third-order valence-corrected chi connectivity index (χ3v) is 6.67. The normalized spacial score (nSPS) is 14.3. The monoisotopic (exact) mass is 513 g/mol. The number of nitrogens with zero attached hydrogens (tertiary/aromatic N) is 4. The van der Waals surface area contributed by atoms with Gasteiger partial charge in [-0.1, -0.05) is 30.3 Å². The number of nitrogens with one attached hydrogen (secondary N) is 1. The van der Waals surface area contributed by atoms with Crippen LogP contribution < -0.4 is 10.1 Å². The molecule has 0 fully saturated rings. The average molecular weight is 514 g/mol. The summed E-state index contributed by atoms with van der Waals surface area (Å²) in [6.45, 7) is 4.53. The quantitative estimate of drug-likeness (QED) is 0.366. The van der Waals surface area contributed by atoms with Crippen molar-refractivity contribution in [3.05, 3.63) is 95.4 Å². The van der Waals surface area contributed by atoms with Crippen molar-refractivity contribution in [2.45, 2.75) is 32.9 Å². The predicted molar refractivity (Wildman–Crippen MR) is 143 cm³/mol. The maximum absolute atomic E-state index is 13.8. The van der Waals surface area contributed by atoms with Crippen LogP contribution in [0.15, 0.2) is 72.9 Å². The highest BCUT2D eigenvalue weighted by Gasteiger charge is 2.36. The average Bonchev–Trinajstić information content (AvgIpc) is 3.49. The molecule has 0 spiro atoms. The van der Waals surface area contributed by atoms with E-state index in [1.807, 2.05) is 84.5 Å². The number of benzene rings is 2. The molecular weight excluding hydrogens is 482 g/mol. The van der Waals surface area contributed by atoms with Gasteiger partial charge in [-0.05, 0) is 55.8 Å². The van der Waals surface area contributed by atoms with Gasteiger partial charge in [0.2, 0.25) is 0 Å². The summed E-state index contributed by atoms with van der Waals surface area (Å²) in [6, 6.07) is 21.0. The summed E-state index contributed by atoms with van der Waals surface area (Å²) in [5.74, 6) is 1.25. The van der Waals surface area contributed by atoms with Crippen LogP contribution in [0.5, 0.6) is 5.75 Å². The first-order valence-electron chi connectivity index (χ1n) is 12.7. The van der Waals surface area contributed by atoms with Crippen LogP contribution in [-0.2, 0) is 16.1 Å². The predicted octanol–water partition coefficient (Wildman–Crippen LogP) is 4.55. The maximum Gasteiger partial charge on any atom is 0.318 e. The third-order valence-electron chi connectivity index (χ3n) is 6.67. The Morgan fingerprint density at radius 1 is 1.08 bits per heavy atom. The van der Waals surface area contributed by atoms with Crippen molar-refractivity contribution in [1.82, 2.24) is 24.6 Å². The Morgan fingerprint density at radius 3 is 2.66 bits per heavy atom. The number of amides is 2. The number of urea groups is 1. The summed E-state index contributed by atoms with van der Waals surface area (Å²) in [5, 5.41) is 7.79. The molecule has 5 rings (SSSR count). The standard InChI is InChI=1S/C29H31N5O4/c1-4-38-26(35)15-16-30-29(36)33-19-24-20(2)31-34(22-11-6-5-7-12-22)28(24)32-17-9-14-25(32)27(33)21-10-8-13-23(18-21)37-3/h5-14,17-18,27H,4,15-16,19H2,1-3H3,(H,30,36)/t27-/m1/s1. The first kappa shape index (κ1) is 25.1. The minimum atomic E-state index is -0.418. The van der Waals surface area contributed by atoms with E-state index in [4.69, 9.17) is 14.6 Å². The van der Waals surface area contributed by atoms with Crippen LogP contribution in [-0.4, -0.2) is 51.5 Å². The van der Waals surface area contributed by atoms with Crippen molar-refractivity contribution >= 4 is 12.0 Å². The summed E-state index contributed by atoms with van der Waals surface area (Å²) in [6.07, 6.45) is 2.11. The van der Waals surface area contributed by atoms with E-state index in [0.29, 0.717) is 18.9 Å². The molecular formula is C29H31N5O4. The number of fused-ring (bicyclic) bond motifs is 3. The van der Waals surface area contributed by atoms with E-state index < -0.39 is 6.04 Å². The number of aryl methyl sites for hydroxylation is 1. The SMILES string of the molecule is CCOC(=O)CCNC(=O)N1Cc2c(C)nn(-c3ccccc3)c2-n2cccc2[C@H]1c1cccc(OC)c1. The molecule has 4 aromatic rings. The van der Waals surface area contributed by atoms with Crippen molar-refractivity contribution in [1.29, 1.82) is 0 Å². The third kappa shape index (κ3) is 4.74. The minimum Gasteiger partial charge on any atom is -0.497 e. The van der Waals surface area contributed by atoms with Gasteiger partial charge in [0.15, 0.2) is 0 Å². The molecule has 3 heterocycles. The smallest absolute Gasteiger partial charge is 0.318 e. The van der Waals surface area contributed by atoms with E-state index in [-0.39, 0.29) is 25.0 Å². The molecule has 9 heteroatoms. The van der Waals surface area contributed by atoms with Crippen LogP contribution in [0.25, 0.3) is 11.5 Å². The molecule has 2 aromatic carbocycles. The highest BCUT2D eigenvalue weighted by atomic mass is 16.5. The van der Waals surface area contributed by atoms with Crippen LogP contribution in [0.2, 0.25) is 0 Å². The van der Waals surface area contributed by atoms with Crippen LogP contribution in [0.4, 0.5) is 4.79 Å². The molecule has 2 aromatic heterocycles. The largest absolute Gasteiger partial charge is 0.497 e. The lowest BCUT2D eigenvalue weighted by molar-refractivity contribution is -0.142. The van der Waals surface area contributed by atoms with Gasteiger partial charge in [-0.2, -0.15) is 5.10 Å². The Bertz CT molecular complexity index is 1440. The van der Waals surface area contributed by atoms with Crippen LogP contribution in [0.1, 0.15) is 41.9 Å². The number of hydrogen-bond acceptors (Lipinski definition) is 5. The number of esters is 1. The lowest BCUT2D eigenvalue weighted by Crippen LogP contribution is -2.42. The second kappa shape index (κ2) is 10.8. The summed E-state index contributed by atoms with van der Waals surface area (Å²) >= 11 is 0. The molecule has 1 aliphatic heterocycles. The molecule has 0 saturated carbocycles. The fraction of sp³-hybridized carbons (Fsp3) is 0.276. The fourth-order valence-electron chi connectivity index (χ4n) is 4.92. The summed E-state index contributed by atoms with van der Waals surface area (Å²) in [4.78, 5) is 27.4. The maximum atomic E-state index is 13.8. The highest BCUT2D eigenvalue weighted by molar-refractivity contribution is 5.77. The molecule has 0 bridgehead atoms. The molecule has 38 heavy (non-hydrogen) atoms. The fourth-order valence-corrected chi connectivity index (χ4v) is 4.92. The molecule has 1 N–H and O–H groups in total. The number of methoxy groups -OCH3 is 1. The van der Waals surface area contributed by atoms with Crippen molar-refractivity contribution < 1.29 is 19.1 Å². The molecule has 0 aliphatic carbocycles. The number of hydrogen-bond donors (Lipinski definition) is 1. The van der Waals surface area contributed by atoms with Gasteiger partial charge in [-0.25, -0.2) is 9.48 Å². The van der Waals surface area contributed by atoms with Gasteiger partial charge in [0.05, 0.1) is 49.8 Å². The van der Waals surface area contributed by atoms with Crippen molar-refractivity contribution in [3.63, 3.8) is 0 Å². The van der Waals surface area contributed by atoms with Gasteiger partial charge in [0.25, 0.3) is 0 Å². The minimum absolute atomic E-state index is 0.101. The number of para-hydroxylation sites is 1. The molecule has 196 valence electrons. The Balaban J connectivity index is 1.61. The van der Waals surface area contributed by atoms with Crippen molar-refractivity contribution in [3.8, 4) is 17.3 Å². The van der Waals surface area contributed by atoms with Crippen molar-refractivity contribution in [2.24, 2.45) is 0 Å². The molecule has 0 saturated heterocycles. The Kier molecular flexibility index (Phi) is 7.17. The zero-order chi connectivity index (χ0) is 26.6. The first-order chi connectivity index (χ1) is 18.5. The number of ether oxygens (including phenoxy) is 2. The molecule has 1 aliphatic rings. The van der Waals surface area contributed by atoms with E-state index in [1.165, 1.54) is 0 Å². The summed E-state index contributed by atoms with van der Waals surface area (Å²) in [7, 11) is 1.63. The van der Waals surface area contributed by atoms with Gasteiger partial charge in [-0.3, -0.25) is 4.79 Å². The van der Waals surface area contributed by atoms with Gasteiger partial charge in [-0.15, -0.1) is 0 Å². The topological polar surface area (TPSA) is 90.6 Å². The number of rotatable bonds is 7. The van der Waals surface area contributed by atoms with Gasteiger partial charge in [0, 0.05) is 18.3 Å². The Morgan fingerprint density at radius 2 is 1.89 bits per heavy atom. The van der Waals surface area contributed by atoms with Crippen LogP contribution in [0.3, 0.4) is 0 Å². The zero-order valence-corrected chi connectivity index (χ0v) is 21.8. The highest BCUT2D eigenvalue weighted by Crippen LogP contribution is 2.39. The number of carbonyl (C=O) groups excluding carboxylic acids is 2. The zero-order valence-electron chi connectivity index (χ0n) is 21.8. The summed E-state index contributed by atoms with van der Waals surface area (Å²) < 4.78 is 14.6. The molecule has 0 radical (unpaired) electrons. The first-order valence-corrected chi connectivity index (χ1v) is 12.7. The van der Waals surface area contributed by atoms with E-state index in [1.54, 1.807) is 18.9 Å². The van der Waals surface area contributed by atoms with E-state index >= 15 is 0 Å². The molecule has 1 atom stereocenters. The van der Waals surface area contributed by atoms with Crippen molar-refractivity contribution in [2.75, 3.05) is 20.3 Å². The second-order valence-corrected chi connectivity index (χ2v) is 9.03. The van der Waals surface area contributed by atoms with Gasteiger partial charge in [0.1, 0.15) is 11.6 Å². The summed E-state index contributed by atoms with van der Waals surface area (Å²) in [5.41, 5.74) is 4.53. The van der Waals surface area contributed by atoms with E-state index in [2.05, 4.69) is 9.88 Å². The number of carbonyl (C=O) groups is 2. The van der Waals surface area contributed by atoms with Crippen LogP contribution in [0, 0.1) is 6.92 Å². The molecule has 2 amide bonds. The molecule has 9 nitrogen and oxygen atoms in total. The lowest BCUT2D eigenvalue weighted by atomic mass is 10.0. The Hall–Kier alpha value is -4.53. The van der Waals surface area contributed by atoms with Crippen LogP contribution >= 0.6 is 0 Å². The Labute approximate surface area is 221 Å². The van der Waals surface area contributed by atoms with Gasteiger partial charge < -0.3 is 24.3 Å². The lowest BCUT2D eigenvalue weighted by Gasteiger charge is -2.31. The van der Waals surface area contributed by atoms with E-state index in [0.717, 1.165) is 34.0 Å². The van der Waals surface area contributed by atoms with Gasteiger partial charge >= 0.3 is 12.0 Å². The van der Waals surface area contributed by atoms with E-state index in [9.17, 15) is 9.59 Å². The number of aromatic nitrogens is 3. The molecule has 0 unspecified atom stereocenters. The second-order valence-electron chi connectivity index (χ2n) is 9.03.